The molecule has 11 heteroatoms. The van der Waals surface area contributed by atoms with Crippen molar-refractivity contribution in [3.63, 3.8) is 0 Å². The average Bonchev–Trinajstić information content (AvgIpc) is 3.02. The first-order chi connectivity index (χ1) is 14.9. The Balaban J connectivity index is 1.71. The Kier molecular flexibility index (Phi) is 4.76. The first kappa shape index (κ1) is 19.5. The van der Waals surface area contributed by atoms with Gasteiger partial charge in [-0.25, -0.2) is 9.36 Å². The number of nitrogens with one attached hydrogen (secondary N) is 2. The lowest BCUT2D eigenvalue weighted by Crippen LogP contribution is -2.24. The summed E-state index contributed by atoms with van der Waals surface area (Å²) in [5.74, 6) is -2.57. The molecule has 4 aromatic rings. The molecule has 0 aliphatic carbocycles. The van der Waals surface area contributed by atoms with Crippen molar-refractivity contribution in [1.82, 2.24) is 14.5 Å². The fourth-order valence-electron chi connectivity index (χ4n) is 2.98. The topological polar surface area (TPSA) is 170 Å². The normalized spacial score (nSPS) is 11.2. The SMILES string of the molecule is O=C(N=NC(=O)c1ccc2c(O)n(-c3c[nH]c(=O)[nH]c3=O)c(O)c2c1)c1ccccc1. The molecule has 2 heterocycles. The zero-order chi connectivity index (χ0) is 22.1. The van der Waals surface area contributed by atoms with E-state index in [4.69, 9.17) is 0 Å². The van der Waals surface area contributed by atoms with Gasteiger partial charge in [-0.05, 0) is 30.3 Å². The van der Waals surface area contributed by atoms with Crippen LogP contribution in [-0.2, 0) is 0 Å². The lowest BCUT2D eigenvalue weighted by molar-refractivity contribution is 0.0947. The summed E-state index contributed by atoms with van der Waals surface area (Å²) in [6.45, 7) is 0. The highest BCUT2D eigenvalue weighted by molar-refractivity contribution is 6.03. The van der Waals surface area contributed by atoms with Gasteiger partial charge in [0.2, 0.25) is 11.8 Å². The van der Waals surface area contributed by atoms with Gasteiger partial charge in [-0.3, -0.25) is 19.4 Å². The molecule has 0 radical (unpaired) electrons. The lowest BCUT2D eigenvalue weighted by Gasteiger charge is -2.04. The third kappa shape index (κ3) is 3.51. The quantitative estimate of drug-likeness (QED) is 0.369. The first-order valence-corrected chi connectivity index (χ1v) is 8.81. The largest absolute Gasteiger partial charge is 0.494 e. The van der Waals surface area contributed by atoms with Gasteiger partial charge in [-0.2, -0.15) is 0 Å². The van der Waals surface area contributed by atoms with Gasteiger partial charge in [0.25, 0.3) is 17.4 Å². The average molecular weight is 419 g/mol. The second kappa shape index (κ2) is 7.55. The molecule has 0 saturated heterocycles. The Morgan fingerprint density at radius 3 is 2.16 bits per heavy atom. The van der Waals surface area contributed by atoms with Gasteiger partial charge in [-0.1, -0.05) is 18.2 Å². The van der Waals surface area contributed by atoms with Crippen molar-refractivity contribution in [2.45, 2.75) is 0 Å². The molecule has 0 aliphatic heterocycles. The second-order valence-corrected chi connectivity index (χ2v) is 6.38. The standard InChI is InChI=1S/C20H13N5O6/c26-15(10-4-2-1-3-5-10)23-24-16(27)11-6-7-12-13(8-11)19(30)25(18(12)29)14-9-21-20(31)22-17(14)28/h1-9,29-30H,(H2,21,22,28,31). The van der Waals surface area contributed by atoms with Crippen LogP contribution in [0.3, 0.4) is 0 Å². The Hall–Kier alpha value is -4.80. The molecule has 0 atom stereocenters. The van der Waals surface area contributed by atoms with Crippen LogP contribution in [0.15, 0.2) is 74.5 Å². The Morgan fingerprint density at radius 2 is 1.48 bits per heavy atom. The number of H-pyrrole nitrogens is 2. The van der Waals surface area contributed by atoms with Gasteiger partial charge >= 0.3 is 5.69 Å². The van der Waals surface area contributed by atoms with Crippen molar-refractivity contribution in [3.8, 4) is 17.4 Å². The number of hydrogen-bond acceptors (Lipinski definition) is 6. The predicted octanol–water partition coefficient (Wildman–Crippen LogP) is 1.85. The molecule has 0 aliphatic rings. The van der Waals surface area contributed by atoms with E-state index in [1.807, 2.05) is 4.98 Å². The van der Waals surface area contributed by atoms with E-state index >= 15 is 0 Å². The number of aromatic hydroxyl groups is 2. The highest BCUT2D eigenvalue weighted by Crippen LogP contribution is 2.38. The molecular formula is C20H13N5O6. The molecule has 4 rings (SSSR count). The summed E-state index contributed by atoms with van der Waals surface area (Å²) in [5.41, 5.74) is -1.60. The molecule has 2 aromatic carbocycles. The molecule has 31 heavy (non-hydrogen) atoms. The number of fused-ring (bicyclic) bond motifs is 1. The van der Waals surface area contributed by atoms with Gasteiger partial charge in [0.15, 0.2) is 0 Å². The van der Waals surface area contributed by atoms with Crippen LogP contribution in [0.25, 0.3) is 16.5 Å². The van der Waals surface area contributed by atoms with E-state index in [9.17, 15) is 29.4 Å². The van der Waals surface area contributed by atoms with E-state index < -0.39 is 34.8 Å². The van der Waals surface area contributed by atoms with Crippen LogP contribution in [0.1, 0.15) is 20.7 Å². The van der Waals surface area contributed by atoms with Crippen LogP contribution in [0.5, 0.6) is 11.8 Å². The summed E-state index contributed by atoms with van der Waals surface area (Å²) >= 11 is 0. The summed E-state index contributed by atoms with van der Waals surface area (Å²) < 4.78 is 0.814. The monoisotopic (exact) mass is 419 g/mol. The van der Waals surface area contributed by atoms with Crippen LogP contribution < -0.4 is 11.2 Å². The molecule has 2 amide bonds. The third-order valence-electron chi connectivity index (χ3n) is 4.46. The van der Waals surface area contributed by atoms with Crippen LogP contribution in [0.2, 0.25) is 0 Å². The van der Waals surface area contributed by atoms with Crippen LogP contribution in [0, 0.1) is 0 Å². The number of aromatic amines is 2. The molecule has 0 spiro atoms. The molecule has 0 saturated carbocycles. The van der Waals surface area contributed by atoms with Crippen molar-refractivity contribution in [2.24, 2.45) is 10.2 Å². The van der Waals surface area contributed by atoms with Crippen molar-refractivity contribution < 1.29 is 19.8 Å². The summed E-state index contributed by atoms with van der Waals surface area (Å²) in [6.07, 6.45) is 1.02. The summed E-state index contributed by atoms with van der Waals surface area (Å²) in [7, 11) is 0. The van der Waals surface area contributed by atoms with Gasteiger partial charge in [0.05, 0.1) is 0 Å². The highest BCUT2D eigenvalue weighted by atomic mass is 16.3. The van der Waals surface area contributed by atoms with E-state index in [2.05, 4.69) is 15.2 Å². The second-order valence-electron chi connectivity index (χ2n) is 6.38. The molecule has 2 aromatic heterocycles. The number of nitrogens with zero attached hydrogens (tertiary/aromatic N) is 3. The molecule has 0 bridgehead atoms. The maximum absolute atomic E-state index is 12.3. The van der Waals surface area contributed by atoms with Gasteiger partial charge in [-0.15, -0.1) is 10.2 Å². The van der Waals surface area contributed by atoms with Crippen molar-refractivity contribution in [1.29, 1.82) is 0 Å². The fraction of sp³-hybridized carbons (Fsp3) is 0. The van der Waals surface area contributed by atoms with E-state index in [0.717, 1.165) is 10.8 Å². The molecule has 0 fully saturated rings. The summed E-state index contributed by atoms with van der Waals surface area (Å²) in [4.78, 5) is 51.8. The maximum atomic E-state index is 12.3. The summed E-state index contributed by atoms with van der Waals surface area (Å²) in [5, 5.41) is 28.0. The molecule has 154 valence electrons. The number of carbonyl (C=O) groups is 2. The minimum atomic E-state index is -0.848. The van der Waals surface area contributed by atoms with E-state index in [1.165, 1.54) is 30.3 Å². The lowest BCUT2D eigenvalue weighted by atomic mass is 10.1. The van der Waals surface area contributed by atoms with Gasteiger partial charge in [0.1, 0.15) is 5.69 Å². The number of aromatic nitrogens is 3. The highest BCUT2D eigenvalue weighted by Gasteiger charge is 2.21. The molecule has 0 unspecified atom stereocenters. The number of rotatable bonds is 3. The van der Waals surface area contributed by atoms with Crippen molar-refractivity contribution in [3.05, 3.63) is 86.7 Å². The Bertz CT molecular complexity index is 1480. The van der Waals surface area contributed by atoms with Crippen LogP contribution in [0.4, 0.5) is 0 Å². The number of carbonyl (C=O) groups excluding carboxylic acids is 2. The van der Waals surface area contributed by atoms with Crippen molar-refractivity contribution >= 4 is 22.6 Å². The minimum absolute atomic E-state index is 0.0139. The van der Waals surface area contributed by atoms with Gasteiger partial charge < -0.3 is 15.2 Å². The minimum Gasteiger partial charge on any atom is -0.494 e. The van der Waals surface area contributed by atoms with E-state index in [-0.39, 0.29) is 27.6 Å². The maximum Gasteiger partial charge on any atom is 0.325 e. The Labute approximate surface area is 171 Å². The smallest absolute Gasteiger partial charge is 0.325 e. The van der Waals surface area contributed by atoms with Crippen molar-refractivity contribution in [2.75, 3.05) is 0 Å². The molecule has 11 nitrogen and oxygen atoms in total. The number of hydrogen-bond donors (Lipinski definition) is 4. The van der Waals surface area contributed by atoms with Gasteiger partial charge in [0, 0.05) is 28.1 Å². The predicted molar refractivity (Wildman–Crippen MR) is 108 cm³/mol. The van der Waals surface area contributed by atoms with Crippen LogP contribution >= 0.6 is 0 Å². The number of benzene rings is 2. The zero-order valence-electron chi connectivity index (χ0n) is 15.6. The fourth-order valence-corrected chi connectivity index (χ4v) is 2.98. The zero-order valence-corrected chi connectivity index (χ0v) is 15.6. The third-order valence-corrected chi connectivity index (χ3v) is 4.46. The number of amides is 2. The van der Waals surface area contributed by atoms with E-state index in [0.29, 0.717) is 0 Å². The molecule has 4 N–H and O–H groups in total. The number of azo groups is 1. The Morgan fingerprint density at radius 1 is 0.839 bits per heavy atom. The van der Waals surface area contributed by atoms with Crippen LogP contribution in [-0.4, -0.2) is 36.6 Å². The van der Waals surface area contributed by atoms with E-state index in [1.54, 1.807) is 18.2 Å². The summed E-state index contributed by atoms with van der Waals surface area (Å²) in [6, 6.07) is 12.0. The molecular weight excluding hydrogens is 406 g/mol. The first-order valence-electron chi connectivity index (χ1n) is 8.81.